The van der Waals surface area contributed by atoms with E-state index >= 15 is 0 Å². The Morgan fingerprint density at radius 1 is 1.40 bits per heavy atom. The Morgan fingerprint density at radius 3 is 2.72 bits per heavy atom. The molecule has 0 aliphatic carbocycles. The van der Waals surface area contributed by atoms with Crippen molar-refractivity contribution in [1.29, 1.82) is 0 Å². The summed E-state index contributed by atoms with van der Waals surface area (Å²) in [5.41, 5.74) is 1.05. The van der Waals surface area contributed by atoms with Crippen LogP contribution < -0.4 is 5.32 Å². The Morgan fingerprint density at radius 2 is 2.12 bits per heavy atom. The Balaban J connectivity index is 1.55. The van der Waals surface area contributed by atoms with E-state index in [1.165, 1.54) is 4.31 Å². The highest BCUT2D eigenvalue weighted by Gasteiger charge is 2.30. The molecule has 3 rings (SSSR count). The third kappa shape index (κ3) is 4.35. The number of nitrogens with one attached hydrogen (secondary N) is 2. The molecule has 7 nitrogen and oxygen atoms in total. The van der Waals surface area contributed by atoms with Crippen molar-refractivity contribution in [3.05, 3.63) is 33.1 Å². The molecule has 0 bridgehead atoms. The van der Waals surface area contributed by atoms with Crippen molar-refractivity contribution in [1.82, 2.24) is 18.8 Å². The number of hydrogen-bond acceptors (Lipinski definition) is 5. The van der Waals surface area contributed by atoms with Crippen LogP contribution in [0.4, 0.5) is 5.82 Å². The first-order chi connectivity index (χ1) is 11.9. The lowest BCUT2D eigenvalue weighted by Crippen LogP contribution is -2.44. The van der Waals surface area contributed by atoms with Gasteiger partial charge in [-0.2, -0.15) is 22.1 Å². The zero-order chi connectivity index (χ0) is 18.0. The molecule has 0 saturated carbocycles. The largest absolute Gasteiger partial charge is 0.364 e. The van der Waals surface area contributed by atoms with Crippen LogP contribution in [0.25, 0.3) is 0 Å². The fourth-order valence-corrected chi connectivity index (χ4v) is 5.05. The van der Waals surface area contributed by atoms with E-state index in [-0.39, 0.29) is 0 Å². The fraction of sp³-hybridized carbons (Fsp3) is 0.533. The molecule has 0 amide bonds. The highest BCUT2D eigenvalue weighted by atomic mass is 35.5. The maximum atomic E-state index is 12.2. The zero-order valence-corrected chi connectivity index (χ0v) is 16.6. The number of halogens is 1. The van der Waals surface area contributed by atoms with Crippen molar-refractivity contribution >= 4 is 39.0 Å². The summed E-state index contributed by atoms with van der Waals surface area (Å²) in [4.78, 5) is 1.15. The molecule has 0 atom stereocenters. The van der Waals surface area contributed by atoms with Gasteiger partial charge in [-0.3, -0.25) is 5.10 Å². The van der Waals surface area contributed by atoms with Crippen LogP contribution in [0.2, 0.25) is 4.34 Å². The van der Waals surface area contributed by atoms with E-state index in [1.54, 1.807) is 29.7 Å². The third-order valence-corrected chi connectivity index (χ3v) is 7.52. The SMILES string of the molecule is CN(C)S(=O)(=O)N1CCC(c2cc(NCc3ccc(Cl)s3)n[nH]2)CC1. The van der Waals surface area contributed by atoms with Crippen molar-refractivity contribution in [3.8, 4) is 0 Å². The molecule has 25 heavy (non-hydrogen) atoms. The number of hydrogen-bond donors (Lipinski definition) is 2. The third-order valence-electron chi connectivity index (χ3n) is 4.35. The molecule has 138 valence electrons. The number of H-pyrrole nitrogens is 1. The summed E-state index contributed by atoms with van der Waals surface area (Å²) in [5, 5.41) is 10.7. The van der Waals surface area contributed by atoms with Crippen LogP contribution in [-0.4, -0.2) is 54.4 Å². The minimum atomic E-state index is -3.32. The summed E-state index contributed by atoms with van der Waals surface area (Å²) in [5.74, 6) is 1.09. The van der Waals surface area contributed by atoms with Gasteiger partial charge >= 0.3 is 0 Å². The molecule has 2 N–H and O–H groups in total. The quantitative estimate of drug-likeness (QED) is 0.777. The Labute approximate surface area is 157 Å². The van der Waals surface area contributed by atoms with Gasteiger partial charge in [0.1, 0.15) is 5.82 Å². The van der Waals surface area contributed by atoms with Crippen molar-refractivity contribution in [2.75, 3.05) is 32.5 Å². The number of anilines is 1. The smallest absolute Gasteiger partial charge is 0.281 e. The minimum Gasteiger partial charge on any atom is -0.364 e. The number of piperidine rings is 1. The second-order valence-electron chi connectivity index (χ2n) is 6.23. The van der Waals surface area contributed by atoms with Crippen molar-refractivity contribution in [2.45, 2.75) is 25.3 Å². The van der Waals surface area contributed by atoms with Crippen LogP contribution in [0.5, 0.6) is 0 Å². The fourth-order valence-electron chi connectivity index (χ4n) is 2.89. The van der Waals surface area contributed by atoms with Crippen LogP contribution >= 0.6 is 22.9 Å². The van der Waals surface area contributed by atoms with Crippen LogP contribution in [0.3, 0.4) is 0 Å². The molecule has 1 aliphatic heterocycles. The molecule has 1 saturated heterocycles. The monoisotopic (exact) mass is 403 g/mol. The molecule has 0 radical (unpaired) electrons. The van der Waals surface area contributed by atoms with Gasteiger partial charge in [0.15, 0.2) is 0 Å². The van der Waals surface area contributed by atoms with E-state index < -0.39 is 10.2 Å². The first-order valence-electron chi connectivity index (χ1n) is 8.07. The Hall–Kier alpha value is -1.13. The zero-order valence-electron chi connectivity index (χ0n) is 14.2. The van der Waals surface area contributed by atoms with Crippen molar-refractivity contribution < 1.29 is 8.42 Å². The Kier molecular flexibility index (Phi) is 5.69. The Bertz CT molecular complexity index is 810. The summed E-state index contributed by atoms with van der Waals surface area (Å²) in [6, 6.07) is 5.89. The summed E-state index contributed by atoms with van der Waals surface area (Å²) in [6.07, 6.45) is 1.57. The lowest BCUT2D eigenvalue weighted by atomic mass is 9.95. The minimum absolute atomic E-state index is 0.299. The number of rotatable bonds is 6. The van der Waals surface area contributed by atoms with Gasteiger partial charge in [-0.15, -0.1) is 11.3 Å². The summed E-state index contributed by atoms with van der Waals surface area (Å²) in [7, 11) is -0.190. The van der Waals surface area contributed by atoms with Gasteiger partial charge in [0.2, 0.25) is 0 Å². The number of thiophene rings is 1. The predicted molar refractivity (Wildman–Crippen MR) is 101 cm³/mol. The molecule has 2 aromatic rings. The lowest BCUT2D eigenvalue weighted by molar-refractivity contribution is 0.300. The summed E-state index contributed by atoms with van der Waals surface area (Å²) < 4.78 is 27.9. The highest BCUT2D eigenvalue weighted by Crippen LogP contribution is 2.29. The second-order valence-corrected chi connectivity index (χ2v) is 10.2. The van der Waals surface area contributed by atoms with Gasteiger partial charge < -0.3 is 5.32 Å². The first-order valence-corrected chi connectivity index (χ1v) is 10.7. The van der Waals surface area contributed by atoms with E-state index in [0.29, 0.717) is 25.6 Å². The highest BCUT2D eigenvalue weighted by molar-refractivity contribution is 7.86. The van der Waals surface area contributed by atoms with Crippen LogP contribution in [-0.2, 0) is 16.8 Å². The molecular formula is C15H22ClN5O2S2. The van der Waals surface area contributed by atoms with Gasteiger partial charge in [0, 0.05) is 49.7 Å². The van der Waals surface area contributed by atoms with E-state index in [9.17, 15) is 8.42 Å². The first kappa shape index (κ1) is 18.7. The van der Waals surface area contributed by atoms with Gasteiger partial charge in [0.25, 0.3) is 10.2 Å². The molecule has 0 aromatic carbocycles. The second kappa shape index (κ2) is 7.63. The molecule has 10 heteroatoms. The summed E-state index contributed by atoms with van der Waals surface area (Å²) >= 11 is 7.48. The van der Waals surface area contributed by atoms with E-state index in [0.717, 1.165) is 33.6 Å². The molecule has 0 spiro atoms. The van der Waals surface area contributed by atoms with Crippen LogP contribution in [0, 0.1) is 0 Å². The van der Waals surface area contributed by atoms with Crippen LogP contribution in [0.1, 0.15) is 29.3 Å². The standard InChI is InChI=1S/C15H22ClN5O2S2/c1-20(2)25(22,23)21-7-5-11(6-8-21)13-9-15(19-18-13)17-10-12-3-4-14(16)24-12/h3-4,9,11H,5-8,10H2,1-2H3,(H2,17,18,19). The molecule has 3 heterocycles. The van der Waals surface area contributed by atoms with E-state index in [2.05, 4.69) is 15.5 Å². The van der Waals surface area contributed by atoms with Gasteiger partial charge in [-0.1, -0.05) is 11.6 Å². The molecule has 1 fully saturated rings. The molecule has 2 aromatic heterocycles. The van der Waals surface area contributed by atoms with E-state index in [4.69, 9.17) is 11.6 Å². The predicted octanol–water partition coefficient (Wildman–Crippen LogP) is 2.72. The topological polar surface area (TPSA) is 81.3 Å². The molecule has 1 aliphatic rings. The van der Waals surface area contributed by atoms with Gasteiger partial charge in [-0.05, 0) is 25.0 Å². The lowest BCUT2D eigenvalue weighted by Gasteiger charge is -2.32. The average Bonchev–Trinajstić information content (AvgIpc) is 3.22. The van der Waals surface area contributed by atoms with Gasteiger partial charge in [-0.25, -0.2) is 0 Å². The molecular weight excluding hydrogens is 382 g/mol. The average molecular weight is 404 g/mol. The number of aromatic amines is 1. The number of nitrogens with zero attached hydrogens (tertiary/aromatic N) is 3. The maximum absolute atomic E-state index is 12.2. The number of aromatic nitrogens is 2. The van der Waals surface area contributed by atoms with Crippen molar-refractivity contribution in [3.63, 3.8) is 0 Å². The van der Waals surface area contributed by atoms with Crippen LogP contribution in [0.15, 0.2) is 18.2 Å². The summed E-state index contributed by atoms with van der Waals surface area (Å²) in [6.45, 7) is 1.74. The van der Waals surface area contributed by atoms with E-state index in [1.807, 2.05) is 18.2 Å². The van der Waals surface area contributed by atoms with Crippen molar-refractivity contribution in [2.24, 2.45) is 0 Å². The maximum Gasteiger partial charge on any atom is 0.281 e. The molecule has 0 unspecified atom stereocenters. The van der Waals surface area contributed by atoms with Gasteiger partial charge in [0.05, 0.1) is 10.9 Å². The normalized spacial score (nSPS) is 17.3.